The van der Waals surface area contributed by atoms with E-state index in [4.69, 9.17) is 0 Å². The second-order valence-electron chi connectivity index (χ2n) is 8.05. The Morgan fingerprint density at radius 1 is 0.741 bits per heavy atom. The molecule has 0 fully saturated rings. The first-order valence-electron chi connectivity index (χ1n) is 11.1. The predicted molar refractivity (Wildman–Crippen MR) is 115 cm³/mol. The first-order valence-corrected chi connectivity index (χ1v) is 11.1. The van der Waals surface area contributed by atoms with Crippen molar-refractivity contribution in [2.24, 2.45) is 0 Å². The van der Waals surface area contributed by atoms with Crippen LogP contribution in [0, 0.1) is 13.8 Å². The third-order valence-electron chi connectivity index (χ3n) is 5.60. The molecule has 0 spiro atoms. The van der Waals surface area contributed by atoms with E-state index in [1.54, 1.807) is 0 Å². The largest absolute Gasteiger partial charge is 0.264 e. The molecule has 0 bridgehead atoms. The average molecular weight is 368 g/mol. The summed E-state index contributed by atoms with van der Waals surface area (Å²) in [5.74, 6) is 0. The van der Waals surface area contributed by atoms with Gasteiger partial charge in [-0.2, -0.15) is 0 Å². The van der Waals surface area contributed by atoms with E-state index in [0.29, 0.717) is 0 Å². The van der Waals surface area contributed by atoms with Gasteiger partial charge in [0.1, 0.15) is 6.54 Å². The van der Waals surface area contributed by atoms with Gasteiger partial charge in [0.05, 0.1) is 0 Å². The van der Waals surface area contributed by atoms with Crippen LogP contribution in [-0.4, -0.2) is 4.98 Å². The summed E-state index contributed by atoms with van der Waals surface area (Å²) in [7, 11) is 0. The summed E-state index contributed by atoms with van der Waals surface area (Å²) in [6.07, 6.45) is 24.8. The van der Waals surface area contributed by atoms with Gasteiger partial charge in [0.2, 0.25) is 0 Å². The third kappa shape index (κ3) is 9.70. The second kappa shape index (κ2) is 13.5. The summed E-state index contributed by atoms with van der Waals surface area (Å²) in [5, 5.41) is 0. The molecule has 27 heavy (non-hydrogen) atoms. The minimum absolute atomic E-state index is 1.17. The maximum Gasteiger partial charge on any atom is 0.171 e. The van der Waals surface area contributed by atoms with Crippen molar-refractivity contribution in [1.82, 2.24) is 4.98 Å². The standard InChI is InChI=1S/C25H39N2/c1-23-17-20-27(22-24(23)2)19-13-11-9-7-5-3-4-6-8-10-12-15-25-16-14-18-26-21-25/h14,16-18,20-22H,3-13,15,19H2,1-2H3/q+1. The number of hydrogen-bond donors (Lipinski definition) is 0. The molecule has 0 saturated heterocycles. The zero-order chi connectivity index (χ0) is 19.2. The zero-order valence-electron chi connectivity index (χ0n) is 17.6. The molecule has 0 N–H and O–H groups in total. The summed E-state index contributed by atoms with van der Waals surface area (Å²) in [6.45, 7) is 5.55. The predicted octanol–water partition coefficient (Wildman–Crippen LogP) is 6.52. The molecule has 2 rings (SSSR count). The zero-order valence-corrected chi connectivity index (χ0v) is 17.6. The first kappa shape index (κ1) is 21.6. The third-order valence-corrected chi connectivity index (χ3v) is 5.60. The van der Waals surface area contributed by atoms with Gasteiger partial charge in [0.15, 0.2) is 12.4 Å². The topological polar surface area (TPSA) is 16.8 Å². The Kier molecular flexibility index (Phi) is 10.8. The van der Waals surface area contributed by atoms with E-state index in [9.17, 15) is 0 Å². The lowest BCUT2D eigenvalue weighted by atomic mass is 10.0. The molecular weight excluding hydrogens is 328 g/mol. The van der Waals surface area contributed by atoms with Crippen molar-refractivity contribution in [1.29, 1.82) is 0 Å². The van der Waals surface area contributed by atoms with E-state index in [0.717, 1.165) is 0 Å². The van der Waals surface area contributed by atoms with Crippen LogP contribution in [0.1, 0.15) is 87.3 Å². The van der Waals surface area contributed by atoms with E-state index >= 15 is 0 Å². The van der Waals surface area contributed by atoms with Crippen molar-refractivity contribution in [2.75, 3.05) is 0 Å². The Labute approximate surface area is 167 Å². The van der Waals surface area contributed by atoms with Crippen LogP contribution in [0.4, 0.5) is 0 Å². The quantitative estimate of drug-likeness (QED) is 0.274. The van der Waals surface area contributed by atoms with Crippen LogP contribution in [0.2, 0.25) is 0 Å². The van der Waals surface area contributed by atoms with Crippen molar-refractivity contribution >= 4 is 0 Å². The molecule has 0 atom stereocenters. The van der Waals surface area contributed by atoms with Crippen LogP contribution >= 0.6 is 0 Å². The molecule has 0 unspecified atom stereocenters. The Bertz CT molecular complexity index is 621. The van der Waals surface area contributed by atoms with Gasteiger partial charge in [0, 0.05) is 30.4 Å². The Morgan fingerprint density at radius 3 is 1.96 bits per heavy atom. The average Bonchev–Trinajstić information content (AvgIpc) is 2.69. The maximum atomic E-state index is 4.18. The van der Waals surface area contributed by atoms with E-state index < -0.39 is 0 Å². The van der Waals surface area contributed by atoms with Crippen LogP contribution in [0.15, 0.2) is 43.0 Å². The fourth-order valence-corrected chi connectivity index (χ4v) is 3.63. The number of rotatable bonds is 14. The highest BCUT2D eigenvalue weighted by Crippen LogP contribution is 2.12. The van der Waals surface area contributed by atoms with E-state index in [-0.39, 0.29) is 0 Å². The molecule has 0 amide bonds. The molecule has 0 saturated carbocycles. The van der Waals surface area contributed by atoms with Crippen LogP contribution < -0.4 is 4.57 Å². The molecule has 148 valence electrons. The van der Waals surface area contributed by atoms with Crippen molar-refractivity contribution in [2.45, 2.75) is 97.4 Å². The minimum atomic E-state index is 1.17. The van der Waals surface area contributed by atoms with Crippen molar-refractivity contribution in [3.63, 3.8) is 0 Å². The Morgan fingerprint density at radius 2 is 1.37 bits per heavy atom. The van der Waals surface area contributed by atoms with Gasteiger partial charge in [-0.25, -0.2) is 4.57 Å². The van der Waals surface area contributed by atoms with Gasteiger partial charge in [-0.15, -0.1) is 0 Å². The van der Waals surface area contributed by atoms with Crippen LogP contribution in [0.5, 0.6) is 0 Å². The van der Waals surface area contributed by atoms with Crippen molar-refractivity contribution < 1.29 is 4.57 Å². The molecule has 0 aromatic carbocycles. The lowest BCUT2D eigenvalue weighted by Crippen LogP contribution is -2.33. The van der Waals surface area contributed by atoms with Crippen LogP contribution in [0.3, 0.4) is 0 Å². The lowest BCUT2D eigenvalue weighted by molar-refractivity contribution is -0.697. The van der Waals surface area contributed by atoms with E-state index in [2.05, 4.69) is 47.9 Å². The Hall–Kier alpha value is -1.70. The summed E-state index contributed by atoms with van der Waals surface area (Å²) in [5.41, 5.74) is 4.17. The number of pyridine rings is 2. The van der Waals surface area contributed by atoms with E-state index in [1.165, 1.54) is 100 Å². The van der Waals surface area contributed by atoms with Gasteiger partial charge < -0.3 is 0 Å². The van der Waals surface area contributed by atoms with Gasteiger partial charge in [-0.05, 0) is 50.3 Å². The molecule has 2 aromatic rings. The molecule has 0 aliphatic heterocycles. The molecule has 0 aliphatic rings. The number of nitrogens with zero attached hydrogens (tertiary/aromatic N) is 2. The highest BCUT2D eigenvalue weighted by molar-refractivity contribution is 5.16. The molecular formula is C25H39N2+. The summed E-state index contributed by atoms with van der Waals surface area (Å²) >= 11 is 0. The number of aryl methyl sites for hydroxylation is 4. The number of hydrogen-bond acceptors (Lipinski definition) is 1. The summed E-state index contributed by atoms with van der Waals surface area (Å²) < 4.78 is 2.34. The van der Waals surface area contributed by atoms with Gasteiger partial charge in [-0.3, -0.25) is 4.98 Å². The number of unbranched alkanes of at least 4 members (excludes halogenated alkanes) is 10. The summed E-state index contributed by atoms with van der Waals surface area (Å²) in [4.78, 5) is 4.18. The Balaban J connectivity index is 1.34. The molecule has 2 nitrogen and oxygen atoms in total. The van der Waals surface area contributed by atoms with Gasteiger partial charge >= 0.3 is 0 Å². The molecule has 2 heterocycles. The molecule has 0 aliphatic carbocycles. The maximum absolute atomic E-state index is 4.18. The molecule has 2 aromatic heterocycles. The fraction of sp³-hybridized carbons (Fsp3) is 0.600. The monoisotopic (exact) mass is 367 g/mol. The van der Waals surface area contributed by atoms with Crippen LogP contribution in [-0.2, 0) is 13.0 Å². The lowest BCUT2D eigenvalue weighted by Gasteiger charge is -2.03. The highest BCUT2D eigenvalue weighted by Gasteiger charge is 2.02. The molecule has 2 heteroatoms. The fourth-order valence-electron chi connectivity index (χ4n) is 3.63. The first-order chi connectivity index (χ1) is 13.3. The number of aromatic nitrogens is 2. The van der Waals surface area contributed by atoms with Crippen molar-refractivity contribution in [3.05, 3.63) is 59.7 Å². The normalized spacial score (nSPS) is 11.0. The van der Waals surface area contributed by atoms with Gasteiger partial charge in [-0.1, -0.05) is 57.4 Å². The SMILES string of the molecule is Cc1cc[n+](CCCCCCCCCCCCCc2cccnc2)cc1C. The van der Waals surface area contributed by atoms with E-state index in [1.807, 2.05) is 18.5 Å². The van der Waals surface area contributed by atoms with Crippen LogP contribution in [0.25, 0.3) is 0 Å². The summed E-state index contributed by atoms with van der Waals surface area (Å²) in [6, 6.07) is 6.46. The van der Waals surface area contributed by atoms with Crippen molar-refractivity contribution in [3.8, 4) is 0 Å². The molecule has 0 radical (unpaired) electrons. The van der Waals surface area contributed by atoms with Gasteiger partial charge in [0.25, 0.3) is 0 Å². The minimum Gasteiger partial charge on any atom is -0.264 e. The second-order valence-corrected chi connectivity index (χ2v) is 8.05. The smallest absolute Gasteiger partial charge is 0.171 e. The highest BCUT2D eigenvalue weighted by atomic mass is 14.9.